The van der Waals surface area contributed by atoms with E-state index in [1.165, 1.54) is 11.1 Å². The molecule has 1 heteroatoms. The van der Waals surface area contributed by atoms with Gasteiger partial charge in [0.25, 0.3) is 0 Å². The molecule has 0 heterocycles. The van der Waals surface area contributed by atoms with Gasteiger partial charge >= 0.3 is 0 Å². The fourth-order valence-electron chi connectivity index (χ4n) is 2.50. The highest BCUT2D eigenvalue weighted by Crippen LogP contribution is 2.41. The van der Waals surface area contributed by atoms with Crippen LogP contribution in [0.3, 0.4) is 0 Å². The van der Waals surface area contributed by atoms with Crippen molar-refractivity contribution >= 4 is 5.78 Å². The van der Waals surface area contributed by atoms with Crippen LogP contribution in [-0.4, -0.2) is 5.78 Å². The van der Waals surface area contributed by atoms with Gasteiger partial charge in [-0.3, -0.25) is 4.79 Å². The molecule has 0 saturated heterocycles. The third-order valence-electron chi connectivity index (χ3n) is 3.41. The molecule has 0 amide bonds. The lowest BCUT2D eigenvalue weighted by atomic mass is 9.93. The largest absolute Gasteiger partial charge is 0.294 e. The SMILES string of the molecule is CC(C)=CC1CCC(C)=C1C(=O)C1CC1. The molecule has 0 aliphatic heterocycles. The fourth-order valence-corrected chi connectivity index (χ4v) is 2.50. The van der Waals surface area contributed by atoms with Crippen LogP contribution in [-0.2, 0) is 4.79 Å². The first-order valence-corrected chi connectivity index (χ1v) is 5.98. The Balaban J connectivity index is 2.21. The molecule has 1 nitrogen and oxygen atoms in total. The van der Waals surface area contributed by atoms with Crippen LogP contribution in [0.5, 0.6) is 0 Å². The van der Waals surface area contributed by atoms with Crippen LogP contribution in [0.15, 0.2) is 22.8 Å². The molecular weight excluding hydrogens is 184 g/mol. The second-order valence-electron chi connectivity index (χ2n) is 5.22. The van der Waals surface area contributed by atoms with E-state index in [-0.39, 0.29) is 0 Å². The van der Waals surface area contributed by atoms with E-state index in [9.17, 15) is 4.79 Å². The zero-order valence-corrected chi connectivity index (χ0v) is 9.97. The van der Waals surface area contributed by atoms with Gasteiger partial charge in [0, 0.05) is 17.4 Å². The summed E-state index contributed by atoms with van der Waals surface area (Å²) >= 11 is 0. The average Bonchev–Trinajstić information content (AvgIpc) is 2.92. The van der Waals surface area contributed by atoms with Gasteiger partial charge < -0.3 is 0 Å². The molecule has 0 aromatic carbocycles. The smallest absolute Gasteiger partial charge is 0.162 e. The molecule has 0 spiro atoms. The molecule has 1 atom stereocenters. The van der Waals surface area contributed by atoms with Gasteiger partial charge in [0.15, 0.2) is 5.78 Å². The molecule has 1 saturated carbocycles. The Bertz CT molecular complexity index is 338. The van der Waals surface area contributed by atoms with E-state index >= 15 is 0 Å². The molecule has 0 bridgehead atoms. The van der Waals surface area contributed by atoms with Crippen molar-refractivity contribution in [3.05, 3.63) is 22.8 Å². The highest BCUT2D eigenvalue weighted by molar-refractivity contribution is 6.00. The molecule has 0 aromatic rings. The average molecular weight is 204 g/mol. The van der Waals surface area contributed by atoms with E-state index in [0.29, 0.717) is 17.6 Å². The Morgan fingerprint density at radius 1 is 1.27 bits per heavy atom. The molecule has 15 heavy (non-hydrogen) atoms. The lowest BCUT2D eigenvalue weighted by Crippen LogP contribution is -2.11. The van der Waals surface area contributed by atoms with Crippen LogP contribution < -0.4 is 0 Å². The third kappa shape index (κ3) is 2.22. The molecule has 2 rings (SSSR count). The number of rotatable bonds is 3. The van der Waals surface area contributed by atoms with Crippen molar-refractivity contribution in [3.63, 3.8) is 0 Å². The van der Waals surface area contributed by atoms with Crippen molar-refractivity contribution in [1.29, 1.82) is 0 Å². The van der Waals surface area contributed by atoms with E-state index in [4.69, 9.17) is 0 Å². The van der Waals surface area contributed by atoms with Crippen LogP contribution in [0.4, 0.5) is 0 Å². The van der Waals surface area contributed by atoms with Gasteiger partial charge in [0.05, 0.1) is 0 Å². The zero-order valence-electron chi connectivity index (χ0n) is 9.97. The number of hydrogen-bond acceptors (Lipinski definition) is 1. The van der Waals surface area contributed by atoms with E-state index in [1.807, 2.05) is 0 Å². The predicted molar refractivity (Wildman–Crippen MR) is 62.6 cm³/mol. The molecule has 82 valence electrons. The van der Waals surface area contributed by atoms with Gasteiger partial charge in [-0.2, -0.15) is 0 Å². The molecule has 1 unspecified atom stereocenters. The van der Waals surface area contributed by atoms with E-state index in [2.05, 4.69) is 26.8 Å². The Morgan fingerprint density at radius 2 is 1.93 bits per heavy atom. The minimum Gasteiger partial charge on any atom is -0.294 e. The summed E-state index contributed by atoms with van der Waals surface area (Å²) in [6.45, 7) is 6.37. The van der Waals surface area contributed by atoms with Crippen molar-refractivity contribution in [2.45, 2.75) is 46.5 Å². The Labute approximate surface area is 92.3 Å². The Morgan fingerprint density at radius 3 is 2.47 bits per heavy atom. The quantitative estimate of drug-likeness (QED) is 0.641. The number of Topliss-reactive ketones (excluding diaryl/α,β-unsaturated/α-hetero) is 1. The van der Waals surface area contributed by atoms with Crippen molar-refractivity contribution in [3.8, 4) is 0 Å². The number of hydrogen-bond donors (Lipinski definition) is 0. The summed E-state index contributed by atoms with van der Waals surface area (Å²) in [7, 11) is 0. The topological polar surface area (TPSA) is 17.1 Å². The molecular formula is C14H20O. The van der Waals surface area contributed by atoms with Crippen LogP contribution in [0, 0.1) is 11.8 Å². The molecule has 2 aliphatic carbocycles. The zero-order chi connectivity index (χ0) is 11.0. The van der Waals surface area contributed by atoms with E-state index in [0.717, 1.165) is 31.3 Å². The first-order chi connectivity index (χ1) is 7.09. The maximum atomic E-state index is 12.1. The normalized spacial score (nSPS) is 25.7. The monoisotopic (exact) mass is 204 g/mol. The second kappa shape index (κ2) is 3.96. The first-order valence-electron chi connectivity index (χ1n) is 5.98. The van der Waals surface area contributed by atoms with Crippen LogP contribution in [0.1, 0.15) is 46.5 Å². The Kier molecular flexibility index (Phi) is 2.81. The molecule has 1 fully saturated rings. The van der Waals surface area contributed by atoms with E-state index < -0.39 is 0 Å². The maximum Gasteiger partial charge on any atom is 0.162 e. The standard InChI is InChI=1S/C14H20O/c1-9(2)8-12-5-4-10(3)13(12)14(15)11-6-7-11/h8,11-12H,4-7H2,1-3H3. The lowest BCUT2D eigenvalue weighted by molar-refractivity contribution is -0.117. The second-order valence-corrected chi connectivity index (χ2v) is 5.22. The van der Waals surface area contributed by atoms with Gasteiger partial charge in [-0.15, -0.1) is 0 Å². The van der Waals surface area contributed by atoms with Crippen molar-refractivity contribution in [2.75, 3.05) is 0 Å². The number of ketones is 1. The van der Waals surface area contributed by atoms with Gasteiger partial charge in [-0.1, -0.05) is 17.2 Å². The van der Waals surface area contributed by atoms with Gasteiger partial charge in [0.1, 0.15) is 0 Å². The van der Waals surface area contributed by atoms with Gasteiger partial charge in [-0.25, -0.2) is 0 Å². The minimum absolute atomic E-state index is 0.376. The number of carbonyl (C=O) groups is 1. The first kappa shape index (κ1) is 10.7. The summed E-state index contributed by atoms with van der Waals surface area (Å²) in [5.41, 5.74) is 3.82. The summed E-state index contributed by atoms with van der Waals surface area (Å²) in [4.78, 5) is 12.1. The minimum atomic E-state index is 0.376. The number of allylic oxidation sites excluding steroid dienone is 4. The third-order valence-corrected chi connectivity index (χ3v) is 3.41. The van der Waals surface area contributed by atoms with E-state index in [1.54, 1.807) is 0 Å². The summed E-state index contributed by atoms with van der Waals surface area (Å²) in [6, 6.07) is 0. The number of carbonyl (C=O) groups excluding carboxylic acids is 1. The fraction of sp³-hybridized carbons (Fsp3) is 0.643. The summed E-state index contributed by atoms with van der Waals surface area (Å²) in [6.07, 6.45) is 6.77. The van der Waals surface area contributed by atoms with Crippen molar-refractivity contribution < 1.29 is 4.79 Å². The summed E-state index contributed by atoms with van der Waals surface area (Å²) in [5, 5.41) is 0. The van der Waals surface area contributed by atoms with Crippen LogP contribution >= 0.6 is 0 Å². The predicted octanol–water partition coefficient (Wildman–Crippen LogP) is 3.66. The molecule has 0 aromatic heterocycles. The van der Waals surface area contributed by atoms with Crippen LogP contribution in [0.2, 0.25) is 0 Å². The summed E-state index contributed by atoms with van der Waals surface area (Å²) < 4.78 is 0. The molecule has 0 radical (unpaired) electrons. The Hall–Kier alpha value is -0.850. The van der Waals surface area contributed by atoms with Gasteiger partial charge in [-0.05, 0) is 46.5 Å². The highest BCUT2D eigenvalue weighted by atomic mass is 16.1. The van der Waals surface area contributed by atoms with Gasteiger partial charge in [0.2, 0.25) is 0 Å². The lowest BCUT2D eigenvalue weighted by Gasteiger charge is -2.10. The summed E-state index contributed by atoms with van der Waals surface area (Å²) in [5.74, 6) is 1.25. The maximum absolute atomic E-state index is 12.1. The van der Waals surface area contributed by atoms with Crippen molar-refractivity contribution in [1.82, 2.24) is 0 Å². The highest BCUT2D eigenvalue weighted by Gasteiger charge is 2.36. The molecule has 2 aliphatic rings. The van der Waals surface area contributed by atoms with Crippen molar-refractivity contribution in [2.24, 2.45) is 11.8 Å². The molecule has 0 N–H and O–H groups in total. The van der Waals surface area contributed by atoms with Crippen LogP contribution in [0.25, 0.3) is 0 Å².